The Morgan fingerprint density at radius 2 is 1.76 bits per heavy atom. The summed E-state index contributed by atoms with van der Waals surface area (Å²) in [5.41, 5.74) is 0.947. The Morgan fingerprint density at radius 1 is 1.04 bits per heavy atom. The highest BCUT2D eigenvalue weighted by Crippen LogP contribution is 2.21. The van der Waals surface area contributed by atoms with Gasteiger partial charge in [-0.2, -0.15) is 0 Å². The number of phenols is 1. The maximum Gasteiger partial charge on any atom is 0.317 e. The zero-order chi connectivity index (χ0) is 17.6. The lowest BCUT2D eigenvalue weighted by molar-refractivity contribution is -0.134. The van der Waals surface area contributed by atoms with Crippen LogP contribution < -0.4 is 10.2 Å². The fourth-order valence-electron chi connectivity index (χ4n) is 3.05. The van der Waals surface area contributed by atoms with Crippen molar-refractivity contribution in [2.24, 2.45) is 0 Å². The van der Waals surface area contributed by atoms with Crippen molar-refractivity contribution in [3.8, 4) is 5.75 Å². The number of rotatable bonds is 3. The van der Waals surface area contributed by atoms with Crippen molar-refractivity contribution < 1.29 is 19.4 Å². The van der Waals surface area contributed by atoms with Crippen LogP contribution in [0.5, 0.6) is 5.75 Å². The van der Waals surface area contributed by atoms with Gasteiger partial charge in [-0.15, -0.1) is 0 Å². The molecule has 2 saturated heterocycles. The molecule has 8 heteroatoms. The summed E-state index contributed by atoms with van der Waals surface area (Å²) in [6.45, 7) is 4.82. The highest BCUT2D eigenvalue weighted by molar-refractivity contribution is 5.84. The summed E-state index contributed by atoms with van der Waals surface area (Å²) in [5, 5.41) is 12.3. The van der Waals surface area contributed by atoms with Gasteiger partial charge in [-0.25, -0.2) is 4.79 Å². The van der Waals surface area contributed by atoms with Crippen LogP contribution in [0.4, 0.5) is 10.5 Å². The minimum absolute atomic E-state index is 0.0194. The van der Waals surface area contributed by atoms with Crippen LogP contribution in [0.1, 0.15) is 0 Å². The predicted octanol–water partition coefficient (Wildman–Crippen LogP) is 0.0826. The monoisotopic (exact) mass is 348 g/mol. The van der Waals surface area contributed by atoms with Gasteiger partial charge in [0.25, 0.3) is 0 Å². The first-order chi connectivity index (χ1) is 12.1. The molecule has 2 aliphatic heterocycles. The summed E-state index contributed by atoms with van der Waals surface area (Å²) < 4.78 is 5.21. The molecule has 0 radical (unpaired) electrons. The third-order valence-electron chi connectivity index (χ3n) is 4.52. The maximum atomic E-state index is 12.2. The maximum absolute atomic E-state index is 12.2. The molecule has 1 aromatic carbocycles. The lowest BCUT2D eigenvalue weighted by Crippen LogP contribution is -2.53. The molecule has 0 aromatic heterocycles. The second-order valence-corrected chi connectivity index (χ2v) is 6.15. The molecule has 25 heavy (non-hydrogen) atoms. The van der Waals surface area contributed by atoms with E-state index in [9.17, 15) is 14.7 Å². The number of carbonyl (C=O) groups is 2. The molecule has 0 aliphatic carbocycles. The van der Waals surface area contributed by atoms with Crippen molar-refractivity contribution in [1.29, 1.82) is 0 Å². The molecule has 2 heterocycles. The molecule has 136 valence electrons. The van der Waals surface area contributed by atoms with Crippen LogP contribution in [0.15, 0.2) is 24.3 Å². The molecule has 0 saturated carbocycles. The quantitative estimate of drug-likeness (QED) is 0.808. The van der Waals surface area contributed by atoms with Crippen LogP contribution in [-0.2, 0) is 9.53 Å². The first kappa shape index (κ1) is 17.3. The highest BCUT2D eigenvalue weighted by atomic mass is 16.5. The van der Waals surface area contributed by atoms with Crippen molar-refractivity contribution in [1.82, 2.24) is 15.1 Å². The van der Waals surface area contributed by atoms with E-state index in [4.69, 9.17) is 4.74 Å². The van der Waals surface area contributed by atoms with Gasteiger partial charge < -0.3 is 29.9 Å². The summed E-state index contributed by atoms with van der Waals surface area (Å²) in [5.74, 6) is 0.161. The van der Waals surface area contributed by atoms with Crippen LogP contribution in [0.3, 0.4) is 0 Å². The van der Waals surface area contributed by atoms with Crippen molar-refractivity contribution >= 4 is 17.6 Å². The number of benzene rings is 1. The Balaban J connectivity index is 1.43. The van der Waals surface area contributed by atoms with Gasteiger partial charge in [0, 0.05) is 51.0 Å². The lowest BCUT2D eigenvalue weighted by atomic mass is 10.2. The number of anilines is 1. The number of ether oxygens (including phenoxy) is 1. The molecule has 0 spiro atoms. The van der Waals surface area contributed by atoms with Gasteiger partial charge in [0.2, 0.25) is 5.91 Å². The van der Waals surface area contributed by atoms with Gasteiger partial charge in [0.05, 0.1) is 19.8 Å². The number of hydrogen-bond acceptors (Lipinski definition) is 5. The van der Waals surface area contributed by atoms with E-state index in [0.717, 1.165) is 5.69 Å². The molecular formula is C17H24N4O4. The number of hydrogen-bond donors (Lipinski definition) is 2. The van der Waals surface area contributed by atoms with Crippen LogP contribution in [0.25, 0.3) is 0 Å². The Bertz CT molecular complexity index is 610. The number of aromatic hydroxyl groups is 1. The molecule has 8 nitrogen and oxygen atoms in total. The number of carbonyl (C=O) groups excluding carboxylic acids is 2. The number of urea groups is 1. The minimum atomic E-state index is -0.211. The molecule has 2 fully saturated rings. The van der Waals surface area contributed by atoms with Crippen molar-refractivity contribution in [2.45, 2.75) is 0 Å². The molecule has 3 rings (SSSR count). The third-order valence-corrected chi connectivity index (χ3v) is 4.52. The Morgan fingerprint density at radius 3 is 2.44 bits per heavy atom. The number of morpholine rings is 1. The van der Waals surface area contributed by atoms with Gasteiger partial charge in [-0.1, -0.05) is 6.07 Å². The van der Waals surface area contributed by atoms with Crippen molar-refractivity contribution in [2.75, 3.05) is 63.9 Å². The summed E-state index contributed by atoms with van der Waals surface area (Å²) in [6.07, 6.45) is 0. The van der Waals surface area contributed by atoms with Crippen LogP contribution in [0, 0.1) is 0 Å². The van der Waals surface area contributed by atoms with Crippen LogP contribution >= 0.6 is 0 Å². The first-order valence-corrected chi connectivity index (χ1v) is 8.56. The van der Waals surface area contributed by atoms with Crippen LogP contribution in [0.2, 0.25) is 0 Å². The minimum Gasteiger partial charge on any atom is -0.508 e. The zero-order valence-electron chi connectivity index (χ0n) is 14.2. The third kappa shape index (κ3) is 4.54. The number of nitrogens with one attached hydrogen (secondary N) is 1. The summed E-state index contributed by atoms with van der Waals surface area (Å²) in [7, 11) is 0. The summed E-state index contributed by atoms with van der Waals surface area (Å²) >= 11 is 0. The fourth-order valence-corrected chi connectivity index (χ4v) is 3.05. The SMILES string of the molecule is O=C(CNC(=O)N1CCN(c2cccc(O)c2)CC1)N1CCOCC1. The average molecular weight is 348 g/mol. The number of phenolic OH excluding ortho intramolecular Hbond substituents is 1. The standard InChI is InChI=1S/C17H24N4O4/c22-15-3-1-2-14(12-15)19-4-6-21(7-5-19)17(24)18-13-16(23)20-8-10-25-11-9-20/h1-3,12,22H,4-11,13H2,(H,18,24). The second kappa shape index (κ2) is 8.06. The number of nitrogens with zero attached hydrogens (tertiary/aromatic N) is 3. The topological polar surface area (TPSA) is 85.4 Å². The summed E-state index contributed by atoms with van der Waals surface area (Å²) in [4.78, 5) is 29.9. The smallest absolute Gasteiger partial charge is 0.317 e. The van der Waals surface area contributed by atoms with Crippen molar-refractivity contribution in [3.05, 3.63) is 24.3 Å². The van der Waals surface area contributed by atoms with E-state index >= 15 is 0 Å². The number of amides is 3. The molecule has 2 N–H and O–H groups in total. The molecule has 1 aromatic rings. The van der Waals surface area contributed by atoms with Gasteiger partial charge in [-0.3, -0.25) is 4.79 Å². The van der Waals surface area contributed by atoms with E-state index in [2.05, 4.69) is 10.2 Å². The molecule has 3 amide bonds. The van der Waals surface area contributed by atoms with Crippen LogP contribution in [-0.4, -0.2) is 85.9 Å². The average Bonchev–Trinajstić information content (AvgIpc) is 2.66. The van der Waals surface area contributed by atoms with E-state index in [0.29, 0.717) is 52.5 Å². The largest absolute Gasteiger partial charge is 0.508 e. The number of piperazine rings is 1. The normalized spacial score (nSPS) is 18.2. The molecular weight excluding hydrogens is 324 g/mol. The van der Waals surface area contributed by atoms with E-state index in [1.807, 2.05) is 6.07 Å². The molecule has 0 unspecified atom stereocenters. The Hall–Kier alpha value is -2.48. The van der Waals surface area contributed by atoms with Gasteiger partial charge >= 0.3 is 6.03 Å². The highest BCUT2D eigenvalue weighted by Gasteiger charge is 2.23. The van der Waals surface area contributed by atoms with Gasteiger partial charge in [0.1, 0.15) is 5.75 Å². The van der Waals surface area contributed by atoms with Crippen molar-refractivity contribution in [3.63, 3.8) is 0 Å². The first-order valence-electron chi connectivity index (χ1n) is 8.56. The lowest BCUT2D eigenvalue weighted by Gasteiger charge is -2.36. The van der Waals surface area contributed by atoms with E-state index in [-0.39, 0.29) is 24.2 Å². The summed E-state index contributed by atoms with van der Waals surface area (Å²) in [6, 6.07) is 6.89. The van der Waals surface area contributed by atoms with E-state index in [1.54, 1.807) is 28.0 Å². The van der Waals surface area contributed by atoms with Gasteiger partial charge in [-0.05, 0) is 12.1 Å². The van der Waals surface area contributed by atoms with E-state index in [1.165, 1.54) is 0 Å². The Kier molecular flexibility index (Phi) is 5.60. The Labute approximate surface area is 146 Å². The molecule has 0 bridgehead atoms. The second-order valence-electron chi connectivity index (χ2n) is 6.15. The molecule has 2 aliphatic rings. The van der Waals surface area contributed by atoms with E-state index < -0.39 is 0 Å². The fraction of sp³-hybridized carbons (Fsp3) is 0.529. The van der Waals surface area contributed by atoms with Gasteiger partial charge in [0.15, 0.2) is 0 Å². The molecule has 0 atom stereocenters. The predicted molar refractivity (Wildman–Crippen MR) is 92.7 cm³/mol. The zero-order valence-corrected chi connectivity index (χ0v) is 14.2.